The number of hydrogen-bond donors (Lipinski definition) is 0. The molecule has 1 fully saturated rings. The van der Waals surface area contributed by atoms with E-state index in [4.69, 9.17) is 8.61 Å². The van der Waals surface area contributed by atoms with E-state index >= 15 is 0 Å². The first kappa shape index (κ1) is 23.1. The van der Waals surface area contributed by atoms with Crippen molar-refractivity contribution in [3.8, 4) is 0 Å². The van der Waals surface area contributed by atoms with Crippen molar-refractivity contribution in [2.45, 2.75) is 63.5 Å². The van der Waals surface area contributed by atoms with Crippen LogP contribution in [-0.2, 0) is 18.7 Å². The van der Waals surface area contributed by atoms with Crippen LogP contribution in [0.1, 0.15) is 40.0 Å². The van der Waals surface area contributed by atoms with Gasteiger partial charge in [0.05, 0.1) is 6.26 Å². The average molecular weight is 451 g/mol. The van der Waals surface area contributed by atoms with Crippen LogP contribution in [0.15, 0.2) is 60.7 Å². The highest BCUT2D eigenvalue weighted by Gasteiger charge is 2.52. The molecule has 3 atom stereocenters. The van der Waals surface area contributed by atoms with E-state index in [1.807, 2.05) is 36.4 Å². The first-order valence-electron chi connectivity index (χ1n) is 10.3. The van der Waals surface area contributed by atoms with Crippen molar-refractivity contribution in [1.82, 2.24) is 0 Å². The van der Waals surface area contributed by atoms with E-state index in [1.54, 1.807) is 0 Å². The van der Waals surface area contributed by atoms with E-state index in [0.717, 1.165) is 16.6 Å². The molecule has 0 aliphatic heterocycles. The Balaban J connectivity index is 1.97. The molecule has 2 aromatic carbocycles. The van der Waals surface area contributed by atoms with E-state index in [0.29, 0.717) is 12.8 Å². The zero-order chi connectivity index (χ0) is 22.0. The minimum atomic E-state index is -3.69. The topological polar surface area (TPSA) is 52.6 Å². The van der Waals surface area contributed by atoms with Gasteiger partial charge in [-0.3, -0.25) is 4.18 Å². The quantitative estimate of drug-likeness (QED) is 0.496. The number of benzene rings is 2. The van der Waals surface area contributed by atoms with Crippen LogP contribution in [0.3, 0.4) is 0 Å². The van der Waals surface area contributed by atoms with E-state index in [9.17, 15) is 12.8 Å². The van der Waals surface area contributed by atoms with Gasteiger partial charge in [0.15, 0.2) is 0 Å². The van der Waals surface area contributed by atoms with Gasteiger partial charge in [-0.25, -0.2) is 4.39 Å². The number of halogens is 1. The maximum atomic E-state index is 14.9. The molecule has 164 valence electrons. The third kappa shape index (κ3) is 5.02. The van der Waals surface area contributed by atoms with E-state index < -0.39 is 30.7 Å². The third-order valence-corrected chi connectivity index (χ3v) is 11.4. The molecule has 0 radical (unpaired) electrons. The molecule has 4 nitrogen and oxygen atoms in total. The summed E-state index contributed by atoms with van der Waals surface area (Å²) in [5.74, 6) is 0. The maximum absolute atomic E-state index is 14.9. The van der Waals surface area contributed by atoms with Gasteiger partial charge in [0.25, 0.3) is 18.4 Å². The second-order valence-corrected chi connectivity index (χ2v) is 14.9. The molecule has 0 heterocycles. The molecule has 3 rings (SSSR count). The minimum Gasteiger partial charge on any atom is -0.404 e. The van der Waals surface area contributed by atoms with Crippen molar-refractivity contribution in [1.29, 1.82) is 0 Å². The molecule has 30 heavy (non-hydrogen) atoms. The summed E-state index contributed by atoms with van der Waals surface area (Å²) in [5, 5.41) is 2.10. The molecule has 2 aromatic rings. The van der Waals surface area contributed by atoms with Crippen LogP contribution in [0.2, 0.25) is 5.04 Å². The van der Waals surface area contributed by atoms with Crippen molar-refractivity contribution in [2.75, 3.05) is 6.26 Å². The second-order valence-electron chi connectivity index (χ2n) is 9.07. The first-order chi connectivity index (χ1) is 14.0. The Bertz CT molecular complexity index is 889. The molecule has 3 unspecified atom stereocenters. The standard InChI is InChI=1S/C23H31FO4SSi/c1-23(2,3)30(19-11-7-5-8-12-19,20-13-9-6-10-14-20)28-18-15-16-22(21(24)17-18)27-29(4,25)26/h5-14,18,21-22H,15-17H2,1-4H3. The van der Waals surface area contributed by atoms with Gasteiger partial charge >= 0.3 is 0 Å². The van der Waals surface area contributed by atoms with Gasteiger partial charge in [-0.05, 0) is 28.3 Å². The van der Waals surface area contributed by atoms with Crippen LogP contribution in [-0.4, -0.2) is 41.4 Å². The fourth-order valence-electron chi connectivity index (χ4n) is 4.43. The summed E-state index contributed by atoms with van der Waals surface area (Å²) in [7, 11) is -6.45. The van der Waals surface area contributed by atoms with Crippen LogP contribution >= 0.6 is 0 Å². The zero-order valence-corrected chi connectivity index (χ0v) is 19.9. The lowest BCUT2D eigenvalue weighted by Gasteiger charge is -2.46. The Morgan fingerprint density at radius 1 is 0.933 bits per heavy atom. The molecule has 1 saturated carbocycles. The van der Waals surface area contributed by atoms with Crippen LogP contribution < -0.4 is 10.4 Å². The zero-order valence-electron chi connectivity index (χ0n) is 18.0. The van der Waals surface area contributed by atoms with E-state index in [2.05, 4.69) is 45.0 Å². The number of rotatable bonds is 6. The number of alkyl halides is 1. The molecular weight excluding hydrogens is 419 g/mol. The van der Waals surface area contributed by atoms with Crippen LogP contribution in [0.5, 0.6) is 0 Å². The van der Waals surface area contributed by atoms with Crippen molar-refractivity contribution in [3.63, 3.8) is 0 Å². The minimum absolute atomic E-state index is 0.130. The van der Waals surface area contributed by atoms with Crippen molar-refractivity contribution < 1.29 is 21.4 Å². The maximum Gasteiger partial charge on any atom is 0.264 e. The SMILES string of the molecule is CC(C)(C)[Si](OC1CCC(OS(C)(=O)=O)C(F)C1)(c1ccccc1)c1ccccc1. The van der Waals surface area contributed by atoms with Crippen molar-refractivity contribution >= 4 is 28.8 Å². The Kier molecular flexibility index (Phi) is 6.86. The van der Waals surface area contributed by atoms with Gasteiger partial charge < -0.3 is 4.43 Å². The largest absolute Gasteiger partial charge is 0.404 e. The summed E-state index contributed by atoms with van der Waals surface area (Å²) in [5.41, 5.74) is 0. The van der Waals surface area contributed by atoms with Gasteiger partial charge in [-0.15, -0.1) is 0 Å². The van der Waals surface area contributed by atoms with E-state index in [-0.39, 0.29) is 17.6 Å². The molecule has 0 aromatic heterocycles. The molecule has 0 amide bonds. The Labute approximate surface area is 180 Å². The summed E-state index contributed by atoms with van der Waals surface area (Å²) in [4.78, 5) is 0. The van der Waals surface area contributed by atoms with Gasteiger partial charge in [-0.1, -0.05) is 81.4 Å². The molecule has 1 aliphatic carbocycles. The second kappa shape index (κ2) is 8.90. The lowest BCUT2D eigenvalue weighted by atomic mass is 9.94. The molecule has 7 heteroatoms. The Morgan fingerprint density at radius 2 is 1.43 bits per heavy atom. The summed E-state index contributed by atoms with van der Waals surface area (Å²) in [6.07, 6.45) is -0.640. The Morgan fingerprint density at radius 3 is 1.83 bits per heavy atom. The van der Waals surface area contributed by atoms with Gasteiger partial charge in [-0.2, -0.15) is 8.42 Å². The molecule has 0 saturated heterocycles. The molecular formula is C23H31FO4SSi. The summed E-state index contributed by atoms with van der Waals surface area (Å²) >= 11 is 0. The van der Waals surface area contributed by atoms with Gasteiger partial charge in [0.2, 0.25) is 0 Å². The van der Waals surface area contributed by atoms with Crippen LogP contribution in [0.25, 0.3) is 0 Å². The Hall–Kier alpha value is -1.54. The lowest BCUT2D eigenvalue weighted by Crippen LogP contribution is -2.68. The molecule has 1 aliphatic rings. The third-order valence-electron chi connectivity index (χ3n) is 5.72. The molecule has 0 N–H and O–H groups in total. The highest BCUT2D eigenvalue weighted by atomic mass is 32.2. The smallest absolute Gasteiger partial charge is 0.264 e. The fraction of sp³-hybridized carbons (Fsp3) is 0.478. The highest BCUT2D eigenvalue weighted by molar-refractivity contribution is 7.86. The van der Waals surface area contributed by atoms with Gasteiger partial charge in [0.1, 0.15) is 12.3 Å². The van der Waals surface area contributed by atoms with E-state index in [1.165, 1.54) is 0 Å². The summed E-state index contributed by atoms with van der Waals surface area (Å²) < 4.78 is 49.7. The molecule has 0 spiro atoms. The normalized spacial score (nSPS) is 23.3. The number of hydrogen-bond acceptors (Lipinski definition) is 4. The monoisotopic (exact) mass is 450 g/mol. The summed E-state index contributed by atoms with van der Waals surface area (Å²) in [6, 6.07) is 20.5. The predicted molar refractivity (Wildman–Crippen MR) is 121 cm³/mol. The average Bonchev–Trinajstić information content (AvgIpc) is 2.67. The van der Waals surface area contributed by atoms with Crippen LogP contribution in [0, 0.1) is 0 Å². The fourth-order valence-corrected chi connectivity index (χ4v) is 9.83. The lowest BCUT2D eigenvalue weighted by molar-refractivity contribution is 0.0128. The van der Waals surface area contributed by atoms with Crippen molar-refractivity contribution in [2.24, 2.45) is 0 Å². The summed E-state index contributed by atoms with van der Waals surface area (Å²) in [6.45, 7) is 6.56. The highest BCUT2D eigenvalue weighted by Crippen LogP contribution is 2.40. The van der Waals surface area contributed by atoms with Crippen LogP contribution in [0.4, 0.5) is 4.39 Å². The van der Waals surface area contributed by atoms with Gasteiger partial charge in [0, 0.05) is 12.5 Å². The predicted octanol–water partition coefficient (Wildman–Crippen LogP) is 3.80. The molecule has 0 bridgehead atoms. The first-order valence-corrected chi connectivity index (χ1v) is 14.1. The van der Waals surface area contributed by atoms with Crippen molar-refractivity contribution in [3.05, 3.63) is 60.7 Å².